The fourth-order valence-electron chi connectivity index (χ4n) is 8.76. The number of fused-ring (bicyclic) bond motifs is 3. The molecule has 0 spiro atoms. The van der Waals surface area contributed by atoms with E-state index in [0.29, 0.717) is 10.8 Å². The Balaban J connectivity index is 1.73. The molecule has 0 radical (unpaired) electrons. The van der Waals surface area contributed by atoms with E-state index in [0.717, 1.165) is 41.4 Å². The summed E-state index contributed by atoms with van der Waals surface area (Å²) in [6.07, 6.45) is 16.5. The van der Waals surface area contributed by atoms with Crippen LogP contribution < -0.4 is 0 Å². The molecule has 170 valence electrons. The Labute approximate surface area is 210 Å². The molecule has 2 heteroatoms. The highest BCUT2D eigenvalue weighted by Crippen LogP contribution is 2.67. The third-order valence-corrected chi connectivity index (χ3v) is 11.5. The smallest absolute Gasteiger partial charge is 0.0000661 e. The maximum atomic E-state index is 2.75. The van der Waals surface area contributed by atoms with Gasteiger partial charge in [-0.3, -0.25) is 0 Å². The average molecular weight is 626 g/mol. The molecule has 3 saturated carbocycles. The molecule has 29 heavy (non-hydrogen) atoms. The minimum absolute atomic E-state index is 0.623. The molecule has 0 unspecified atom stereocenters. The van der Waals surface area contributed by atoms with Crippen LogP contribution in [0.2, 0.25) is 0 Å². The van der Waals surface area contributed by atoms with E-state index in [1.807, 2.05) is 0 Å². The first-order valence-electron chi connectivity index (χ1n) is 12.9. The first kappa shape index (κ1) is 25.1. The number of hydrogen-bond acceptors (Lipinski definition) is 0. The van der Waals surface area contributed by atoms with Crippen LogP contribution in [0.15, 0.2) is 0 Å². The summed E-state index contributed by atoms with van der Waals surface area (Å²) in [5, 5.41) is 0. The van der Waals surface area contributed by atoms with E-state index < -0.39 is 0 Å². The van der Waals surface area contributed by atoms with E-state index in [2.05, 4.69) is 79.8 Å². The topological polar surface area (TPSA) is 0 Å². The van der Waals surface area contributed by atoms with Crippen LogP contribution in [0.5, 0.6) is 0 Å². The van der Waals surface area contributed by atoms with Crippen molar-refractivity contribution in [3.05, 3.63) is 0 Å². The van der Waals surface area contributed by atoms with Gasteiger partial charge in [0.15, 0.2) is 0 Å². The van der Waals surface area contributed by atoms with Gasteiger partial charge in [0.2, 0.25) is 0 Å². The lowest BCUT2D eigenvalue weighted by Crippen LogP contribution is -2.52. The van der Waals surface area contributed by atoms with Crippen LogP contribution in [0.25, 0.3) is 0 Å². The zero-order valence-corrected chi connectivity index (χ0v) is 24.3. The average Bonchev–Trinajstić information content (AvgIpc) is 3.01. The molecule has 0 aliphatic heterocycles. The van der Waals surface area contributed by atoms with Gasteiger partial charge < -0.3 is 0 Å². The van der Waals surface area contributed by atoms with E-state index in [1.54, 1.807) is 12.8 Å². The van der Waals surface area contributed by atoms with Gasteiger partial charge in [-0.25, -0.2) is 0 Å². The quantitative estimate of drug-likeness (QED) is 0.177. The van der Waals surface area contributed by atoms with E-state index in [1.165, 1.54) is 66.6 Å². The van der Waals surface area contributed by atoms with Crippen molar-refractivity contribution in [3.8, 4) is 0 Å². The van der Waals surface area contributed by atoms with Crippen LogP contribution in [0.1, 0.15) is 105 Å². The van der Waals surface area contributed by atoms with Crippen LogP contribution in [0.3, 0.4) is 0 Å². The van der Waals surface area contributed by atoms with Gasteiger partial charge in [-0.05, 0) is 108 Å². The van der Waals surface area contributed by atoms with Crippen molar-refractivity contribution in [1.82, 2.24) is 0 Å². The van der Waals surface area contributed by atoms with Gasteiger partial charge in [-0.2, -0.15) is 0 Å². The second-order valence-corrected chi connectivity index (χ2v) is 14.3. The third kappa shape index (κ3) is 5.03. The summed E-state index contributed by atoms with van der Waals surface area (Å²) < 4.78 is 2.71. The van der Waals surface area contributed by atoms with Crippen LogP contribution >= 0.6 is 45.2 Å². The molecule has 0 aromatic carbocycles. The van der Waals surface area contributed by atoms with Crippen molar-refractivity contribution in [1.29, 1.82) is 0 Å². The van der Waals surface area contributed by atoms with E-state index in [-0.39, 0.29) is 0 Å². The number of rotatable bonds is 9. The van der Waals surface area contributed by atoms with E-state index in [9.17, 15) is 0 Å². The van der Waals surface area contributed by atoms with Crippen LogP contribution in [-0.2, 0) is 0 Å². The van der Waals surface area contributed by atoms with Crippen molar-refractivity contribution >= 4 is 45.2 Å². The Morgan fingerprint density at radius 2 is 1.62 bits per heavy atom. The van der Waals surface area contributed by atoms with Gasteiger partial charge in [0, 0.05) is 4.43 Å². The third-order valence-electron chi connectivity index (χ3n) is 10.4. The van der Waals surface area contributed by atoms with E-state index >= 15 is 0 Å². The van der Waals surface area contributed by atoms with E-state index in [4.69, 9.17) is 0 Å². The van der Waals surface area contributed by atoms with Gasteiger partial charge in [-0.15, -0.1) is 0 Å². The number of alkyl halides is 2. The first-order chi connectivity index (χ1) is 13.8. The fraction of sp³-hybridized carbons (Fsp3) is 1.00. The summed E-state index contributed by atoms with van der Waals surface area (Å²) in [6, 6.07) is 0. The number of hydrogen-bond donors (Lipinski definition) is 0. The molecule has 0 nitrogen and oxygen atoms in total. The molecule has 3 aliphatic carbocycles. The minimum atomic E-state index is 0.623. The highest BCUT2D eigenvalue weighted by molar-refractivity contribution is 14.1. The molecule has 0 N–H and O–H groups in total. The predicted molar refractivity (Wildman–Crippen MR) is 146 cm³/mol. The Morgan fingerprint density at radius 1 is 0.862 bits per heavy atom. The summed E-state index contributed by atoms with van der Waals surface area (Å²) in [6.45, 7) is 12.9. The minimum Gasteiger partial charge on any atom is -0.0864 e. The highest BCUT2D eigenvalue weighted by atomic mass is 127. The van der Waals surface area contributed by atoms with Crippen molar-refractivity contribution in [3.63, 3.8) is 0 Å². The maximum absolute atomic E-state index is 2.75. The summed E-state index contributed by atoms with van der Waals surface area (Å²) in [5.74, 6) is 6.91. The Bertz CT molecular complexity index is 517. The zero-order chi connectivity index (χ0) is 21.2. The molecule has 3 rings (SSSR count). The molecule has 0 aromatic rings. The van der Waals surface area contributed by atoms with Gasteiger partial charge >= 0.3 is 0 Å². The Morgan fingerprint density at radius 3 is 2.28 bits per heavy atom. The fourth-order valence-corrected chi connectivity index (χ4v) is 10.7. The second kappa shape index (κ2) is 10.6. The normalized spacial score (nSPS) is 43.2. The Hall–Kier alpha value is 1.46. The van der Waals surface area contributed by atoms with Crippen molar-refractivity contribution < 1.29 is 0 Å². The van der Waals surface area contributed by atoms with Crippen LogP contribution in [0.4, 0.5) is 0 Å². The molecule has 0 aromatic heterocycles. The standard InChI is InChI=1S/C27H48I2/c1-19(2)7-6-8-20(3)23-11-12-24-22-10-9-21(14-17-28)26(4,16-18-29)25(22)13-15-27(23,24)5/h19-25H,6-18H2,1-5H3/t20-,21+,22+,23+,24-,25-,26+,27+/m1/s1. The SMILES string of the molecule is CC(C)CCC[C@@H](C)[C@@H]1CC[C@@H]2[C@@H]3CC[C@@H](CCI)[C@](C)(CCI)[C@@H]3CC[C@]21C. The lowest BCUT2D eigenvalue weighted by molar-refractivity contribution is -0.101. The highest BCUT2D eigenvalue weighted by Gasteiger charge is 2.59. The lowest BCUT2D eigenvalue weighted by Gasteiger charge is -2.59. The maximum Gasteiger partial charge on any atom is 0.0000661 e. The van der Waals surface area contributed by atoms with Gasteiger partial charge in [0.05, 0.1) is 0 Å². The lowest BCUT2D eigenvalue weighted by atomic mass is 9.46. The number of halogens is 2. The molecule has 0 saturated heterocycles. The van der Waals surface area contributed by atoms with Crippen molar-refractivity contribution in [2.45, 2.75) is 105 Å². The molecular formula is C27H48I2. The molecule has 0 amide bonds. The van der Waals surface area contributed by atoms with Gasteiger partial charge in [-0.1, -0.05) is 99.1 Å². The molecule has 3 aliphatic rings. The summed E-state index contributed by atoms with van der Waals surface area (Å²) in [7, 11) is 0. The molecule has 8 atom stereocenters. The summed E-state index contributed by atoms with van der Waals surface area (Å²) in [5.41, 5.74) is 1.28. The molecule has 0 heterocycles. The van der Waals surface area contributed by atoms with Crippen molar-refractivity contribution in [2.75, 3.05) is 8.86 Å². The molecular weight excluding hydrogens is 578 g/mol. The summed E-state index contributed by atoms with van der Waals surface area (Å²) in [4.78, 5) is 0. The van der Waals surface area contributed by atoms with Crippen molar-refractivity contribution in [2.24, 2.45) is 52.3 Å². The largest absolute Gasteiger partial charge is 0.0864 e. The monoisotopic (exact) mass is 626 g/mol. The Kier molecular flexibility index (Phi) is 9.17. The molecule has 3 fully saturated rings. The van der Waals surface area contributed by atoms with Gasteiger partial charge in [0.1, 0.15) is 0 Å². The first-order valence-corrected chi connectivity index (χ1v) is 15.9. The second-order valence-electron chi connectivity index (χ2n) is 12.1. The predicted octanol–water partition coefficient (Wildman–Crippen LogP) is 9.57. The van der Waals surface area contributed by atoms with Crippen LogP contribution in [-0.4, -0.2) is 8.86 Å². The zero-order valence-electron chi connectivity index (χ0n) is 20.0. The van der Waals surface area contributed by atoms with Crippen LogP contribution in [0, 0.1) is 52.3 Å². The molecule has 0 bridgehead atoms. The summed E-state index contributed by atoms with van der Waals surface area (Å²) >= 11 is 5.29. The van der Waals surface area contributed by atoms with Gasteiger partial charge in [0.25, 0.3) is 0 Å².